The average Bonchev–Trinajstić information content (AvgIpc) is 3.18. The molecule has 9 heteroatoms. The molecule has 0 saturated carbocycles. The minimum absolute atomic E-state index is 0. The number of para-hydroxylation sites is 1. The number of carboxylic acids is 1. The van der Waals surface area contributed by atoms with E-state index in [0.29, 0.717) is 35.2 Å². The Balaban J connectivity index is 0.00000216. The van der Waals surface area contributed by atoms with Gasteiger partial charge in [-0.1, -0.05) is 12.1 Å². The Bertz CT molecular complexity index is 1300. The third-order valence-electron chi connectivity index (χ3n) is 5.09. The van der Waals surface area contributed by atoms with Crippen molar-refractivity contribution in [3.8, 4) is 28.7 Å². The van der Waals surface area contributed by atoms with Crippen molar-refractivity contribution in [3.05, 3.63) is 71.1 Å². The second kappa shape index (κ2) is 11.5. The van der Waals surface area contributed by atoms with Crippen molar-refractivity contribution in [2.75, 3.05) is 26.6 Å². The zero-order valence-corrected chi connectivity index (χ0v) is 22.2. The number of hydrogen-bond acceptors (Lipinski definition) is 7. The van der Waals surface area contributed by atoms with Crippen LogP contribution >= 0.6 is 11.3 Å². The van der Waals surface area contributed by atoms with E-state index in [2.05, 4.69) is 5.32 Å². The largest absolute Gasteiger partial charge is 1.00 e. The molecule has 0 amide bonds. The van der Waals surface area contributed by atoms with Gasteiger partial charge in [-0.15, -0.1) is 11.3 Å². The molecule has 0 aliphatic heterocycles. The first-order valence-corrected chi connectivity index (χ1v) is 10.9. The van der Waals surface area contributed by atoms with Crippen LogP contribution in [-0.2, 0) is 6.54 Å². The minimum Gasteiger partial charge on any atom is -1.00 e. The van der Waals surface area contributed by atoms with Crippen LogP contribution in [0.3, 0.4) is 0 Å². The van der Waals surface area contributed by atoms with Gasteiger partial charge >= 0.3 is 35.5 Å². The van der Waals surface area contributed by atoms with Gasteiger partial charge in [0.1, 0.15) is 11.5 Å². The van der Waals surface area contributed by atoms with E-state index < -0.39 is 5.97 Å². The SMILES string of the molecule is COc1ccc(Oc2c(CNc3ccccc3C(=O)O)sc3cc(OC)c(OC)cc23)cc1.[H-].[Na+]. The number of ether oxygens (including phenoxy) is 4. The summed E-state index contributed by atoms with van der Waals surface area (Å²) in [6, 6.07) is 17.9. The third kappa shape index (κ3) is 5.42. The normalized spacial score (nSPS) is 10.3. The fourth-order valence-corrected chi connectivity index (χ4v) is 4.52. The summed E-state index contributed by atoms with van der Waals surface area (Å²) >= 11 is 1.54. The molecule has 172 valence electrons. The molecule has 3 aromatic carbocycles. The maximum atomic E-state index is 11.6. The maximum Gasteiger partial charge on any atom is 1.00 e. The van der Waals surface area contributed by atoms with Gasteiger partial charge in [0.15, 0.2) is 17.2 Å². The minimum atomic E-state index is -0.987. The Labute approximate surface area is 225 Å². The van der Waals surface area contributed by atoms with Crippen molar-refractivity contribution in [2.24, 2.45) is 0 Å². The molecule has 7 nitrogen and oxygen atoms in total. The van der Waals surface area contributed by atoms with Crippen LogP contribution < -0.4 is 53.8 Å². The van der Waals surface area contributed by atoms with E-state index in [4.69, 9.17) is 18.9 Å². The molecule has 0 spiro atoms. The van der Waals surface area contributed by atoms with Crippen molar-refractivity contribution in [2.45, 2.75) is 6.54 Å². The van der Waals surface area contributed by atoms with Crippen LogP contribution in [0, 0.1) is 0 Å². The van der Waals surface area contributed by atoms with Crippen LogP contribution in [-0.4, -0.2) is 32.4 Å². The molecule has 2 N–H and O–H groups in total. The van der Waals surface area contributed by atoms with E-state index in [1.807, 2.05) is 36.4 Å². The van der Waals surface area contributed by atoms with E-state index in [0.717, 1.165) is 20.7 Å². The molecule has 0 unspecified atom stereocenters. The van der Waals surface area contributed by atoms with Crippen LogP contribution in [0.15, 0.2) is 60.7 Å². The predicted molar refractivity (Wildman–Crippen MR) is 130 cm³/mol. The van der Waals surface area contributed by atoms with E-state index in [1.165, 1.54) is 11.3 Å². The van der Waals surface area contributed by atoms with Crippen molar-refractivity contribution in [1.82, 2.24) is 0 Å². The summed E-state index contributed by atoms with van der Waals surface area (Å²) in [4.78, 5) is 12.5. The quantitative estimate of drug-likeness (QED) is 0.350. The molecule has 0 saturated heterocycles. The van der Waals surface area contributed by atoms with Crippen molar-refractivity contribution in [1.29, 1.82) is 0 Å². The van der Waals surface area contributed by atoms with Gasteiger partial charge in [-0.3, -0.25) is 0 Å². The van der Waals surface area contributed by atoms with Crippen molar-refractivity contribution >= 4 is 33.1 Å². The fourth-order valence-electron chi connectivity index (χ4n) is 3.44. The van der Waals surface area contributed by atoms with Gasteiger partial charge in [0.25, 0.3) is 0 Å². The van der Waals surface area contributed by atoms with E-state index in [9.17, 15) is 9.90 Å². The summed E-state index contributed by atoms with van der Waals surface area (Å²) in [6.45, 7) is 0.375. The molecular formula is C25H24NNaO6S. The molecule has 0 aliphatic rings. The van der Waals surface area contributed by atoms with Gasteiger partial charge in [-0.2, -0.15) is 0 Å². The number of hydrogen-bond donors (Lipinski definition) is 2. The molecule has 0 aliphatic carbocycles. The number of benzene rings is 3. The standard InChI is InChI=1S/C25H23NO6S.Na.H/c1-29-15-8-10-16(11-9-15)32-24-18-12-20(30-2)21(31-3)13-22(18)33-23(24)14-26-19-7-5-4-6-17(19)25(27)28;;/h4-13,26H,14H2,1-3H3,(H,27,28);;/q;+1;-1. The zero-order chi connectivity index (χ0) is 23.4. The number of rotatable bonds is 9. The number of fused-ring (bicyclic) bond motifs is 1. The molecule has 0 radical (unpaired) electrons. The topological polar surface area (TPSA) is 86.3 Å². The summed E-state index contributed by atoms with van der Waals surface area (Å²) in [5.41, 5.74) is 0.743. The van der Waals surface area contributed by atoms with Gasteiger partial charge < -0.3 is 30.8 Å². The van der Waals surface area contributed by atoms with Crippen LogP contribution in [0.2, 0.25) is 0 Å². The number of carbonyl (C=O) groups is 1. The van der Waals surface area contributed by atoms with Crippen molar-refractivity contribution in [3.63, 3.8) is 0 Å². The molecule has 1 heterocycles. The predicted octanol–water partition coefficient (Wildman–Crippen LogP) is 3.15. The van der Waals surface area contributed by atoms with Gasteiger partial charge in [0.2, 0.25) is 0 Å². The van der Waals surface area contributed by atoms with Gasteiger partial charge in [0, 0.05) is 21.8 Å². The molecular weight excluding hydrogens is 465 g/mol. The second-order valence-corrected chi connectivity index (χ2v) is 8.18. The number of anilines is 1. The van der Waals surface area contributed by atoms with E-state index >= 15 is 0 Å². The van der Waals surface area contributed by atoms with E-state index in [1.54, 1.807) is 45.6 Å². The van der Waals surface area contributed by atoms with Crippen LogP contribution in [0.25, 0.3) is 10.1 Å². The number of methoxy groups -OCH3 is 3. The third-order valence-corrected chi connectivity index (χ3v) is 6.23. The number of thiophene rings is 1. The Morgan fingerprint density at radius 2 is 1.59 bits per heavy atom. The first kappa shape index (κ1) is 25.7. The summed E-state index contributed by atoms with van der Waals surface area (Å²) in [6.07, 6.45) is 0. The smallest absolute Gasteiger partial charge is 1.00 e. The molecule has 0 fully saturated rings. The van der Waals surface area contributed by atoms with Crippen LogP contribution in [0.4, 0.5) is 5.69 Å². The van der Waals surface area contributed by atoms with Crippen LogP contribution in [0.5, 0.6) is 28.7 Å². The van der Waals surface area contributed by atoms with Crippen molar-refractivity contribution < 1.29 is 59.8 Å². The first-order chi connectivity index (χ1) is 16.0. The molecule has 34 heavy (non-hydrogen) atoms. The summed E-state index contributed by atoms with van der Waals surface area (Å²) in [5.74, 6) is 2.28. The zero-order valence-electron chi connectivity index (χ0n) is 20.4. The number of aromatic carboxylic acids is 1. The summed E-state index contributed by atoms with van der Waals surface area (Å²) in [5, 5.41) is 13.6. The van der Waals surface area contributed by atoms with Gasteiger partial charge in [0.05, 0.1) is 38.3 Å². The Morgan fingerprint density at radius 1 is 0.941 bits per heavy atom. The van der Waals surface area contributed by atoms with Crippen LogP contribution in [0.1, 0.15) is 16.7 Å². The number of nitrogens with one attached hydrogen (secondary N) is 1. The second-order valence-electron chi connectivity index (χ2n) is 7.04. The summed E-state index contributed by atoms with van der Waals surface area (Å²) < 4.78 is 23.4. The van der Waals surface area contributed by atoms with Gasteiger partial charge in [-0.25, -0.2) is 4.79 Å². The molecule has 4 rings (SSSR count). The Kier molecular flexibility index (Phi) is 8.68. The average molecular weight is 490 g/mol. The summed E-state index contributed by atoms with van der Waals surface area (Å²) in [7, 11) is 4.80. The fraction of sp³-hybridized carbons (Fsp3) is 0.160. The molecule has 0 bridgehead atoms. The Hall–Kier alpha value is -2.91. The van der Waals surface area contributed by atoms with E-state index in [-0.39, 0.29) is 36.5 Å². The first-order valence-electron chi connectivity index (χ1n) is 10.1. The molecule has 4 aromatic rings. The monoisotopic (exact) mass is 489 g/mol. The molecule has 1 aromatic heterocycles. The Morgan fingerprint density at radius 3 is 2.24 bits per heavy atom. The van der Waals surface area contributed by atoms with Gasteiger partial charge in [-0.05, 0) is 42.5 Å². The number of carboxylic acid groups (broad SMARTS) is 1. The molecule has 0 atom stereocenters. The maximum absolute atomic E-state index is 11.6.